The maximum Gasteiger partial charge on any atom is 0.264 e. The molecule has 0 aliphatic rings. The molecule has 0 aliphatic carbocycles. The molecular weight excluding hydrogens is 327 g/mol. The number of hydrogen-bond donors (Lipinski definition) is 1. The summed E-state index contributed by atoms with van der Waals surface area (Å²) in [4.78, 5) is 19.5. The van der Waals surface area contributed by atoms with Crippen molar-refractivity contribution < 1.29 is 0 Å². The number of H-pyrrole nitrogens is 1. The van der Waals surface area contributed by atoms with Crippen molar-refractivity contribution in [3.63, 3.8) is 0 Å². The first-order valence-electron chi connectivity index (χ1n) is 6.11. The molecule has 17 heavy (non-hydrogen) atoms. The minimum Gasteiger partial charge on any atom is -0.309 e. The highest BCUT2D eigenvalue weighted by molar-refractivity contribution is 14.1. The van der Waals surface area contributed by atoms with Gasteiger partial charge in [0.1, 0.15) is 9.39 Å². The van der Waals surface area contributed by atoms with E-state index in [1.54, 1.807) is 0 Å². The molecule has 0 aliphatic heterocycles. The molecule has 0 unspecified atom stereocenters. The summed E-state index contributed by atoms with van der Waals surface area (Å²) in [6, 6.07) is 0. The zero-order chi connectivity index (χ0) is 13.2. The summed E-state index contributed by atoms with van der Waals surface area (Å²) in [7, 11) is 0. The second-order valence-corrected chi connectivity index (χ2v) is 6.46. The molecule has 1 rings (SSSR count). The van der Waals surface area contributed by atoms with Crippen molar-refractivity contribution in [2.24, 2.45) is 0 Å². The molecule has 4 heteroatoms. The molecule has 0 radical (unpaired) electrons. The highest BCUT2D eigenvalue weighted by Crippen LogP contribution is 2.26. The Bertz CT molecular complexity index is 442. The van der Waals surface area contributed by atoms with E-state index in [1.165, 1.54) is 0 Å². The summed E-state index contributed by atoms with van der Waals surface area (Å²) in [5.41, 5.74) is 0.808. The minimum atomic E-state index is -0.0917. The third-order valence-electron chi connectivity index (χ3n) is 2.96. The van der Waals surface area contributed by atoms with E-state index < -0.39 is 0 Å². The fourth-order valence-corrected chi connectivity index (χ4v) is 2.91. The van der Waals surface area contributed by atoms with Gasteiger partial charge in [0.2, 0.25) is 0 Å². The van der Waals surface area contributed by atoms with Crippen LogP contribution >= 0.6 is 22.6 Å². The van der Waals surface area contributed by atoms with E-state index >= 15 is 0 Å². The fraction of sp³-hybridized carbons (Fsp3) is 0.692. The molecule has 3 nitrogen and oxygen atoms in total. The first-order chi connectivity index (χ1) is 7.81. The number of hydrogen-bond acceptors (Lipinski definition) is 2. The smallest absolute Gasteiger partial charge is 0.264 e. The second-order valence-electron chi connectivity index (χ2n) is 5.38. The van der Waals surface area contributed by atoms with Crippen molar-refractivity contribution in [1.29, 1.82) is 0 Å². The van der Waals surface area contributed by atoms with Gasteiger partial charge in [-0.15, -0.1) is 0 Å². The van der Waals surface area contributed by atoms with Gasteiger partial charge >= 0.3 is 0 Å². The van der Waals surface area contributed by atoms with Crippen LogP contribution in [0.5, 0.6) is 0 Å². The molecule has 1 heterocycles. The van der Waals surface area contributed by atoms with Gasteiger partial charge in [0.05, 0.1) is 5.69 Å². The van der Waals surface area contributed by atoms with Crippen LogP contribution in [-0.2, 0) is 5.41 Å². The molecule has 96 valence electrons. The van der Waals surface area contributed by atoms with E-state index in [1.807, 2.05) is 0 Å². The molecule has 0 fully saturated rings. The number of aromatic nitrogens is 2. The van der Waals surface area contributed by atoms with Gasteiger partial charge in [-0.3, -0.25) is 4.79 Å². The third-order valence-corrected chi connectivity index (χ3v) is 3.96. The lowest BCUT2D eigenvalue weighted by atomic mass is 9.91. The maximum atomic E-state index is 11.9. The van der Waals surface area contributed by atoms with E-state index in [4.69, 9.17) is 0 Å². The summed E-state index contributed by atoms with van der Waals surface area (Å²) in [6.45, 7) is 10.5. The largest absolute Gasteiger partial charge is 0.309 e. The van der Waals surface area contributed by atoms with Gasteiger partial charge in [0.15, 0.2) is 0 Å². The monoisotopic (exact) mass is 348 g/mol. The fourth-order valence-electron chi connectivity index (χ4n) is 1.84. The van der Waals surface area contributed by atoms with E-state index in [0.29, 0.717) is 9.49 Å². The molecule has 0 atom stereocenters. The Labute approximate surface area is 117 Å². The van der Waals surface area contributed by atoms with E-state index in [0.717, 1.165) is 24.4 Å². The van der Waals surface area contributed by atoms with Crippen LogP contribution in [0.4, 0.5) is 0 Å². The van der Waals surface area contributed by atoms with Crippen molar-refractivity contribution >= 4 is 22.6 Å². The predicted octanol–water partition coefficient (Wildman–Crippen LogP) is 3.58. The minimum absolute atomic E-state index is 0.00701. The Balaban J connectivity index is 3.39. The van der Waals surface area contributed by atoms with Crippen LogP contribution in [0.1, 0.15) is 64.9 Å². The zero-order valence-corrected chi connectivity index (χ0v) is 13.4. The Morgan fingerprint density at radius 2 is 1.82 bits per heavy atom. The summed E-state index contributed by atoms with van der Waals surface area (Å²) in [5, 5.41) is 0. The number of aromatic amines is 1. The van der Waals surface area contributed by atoms with Gasteiger partial charge < -0.3 is 4.98 Å². The van der Waals surface area contributed by atoms with Crippen molar-refractivity contribution in [3.8, 4) is 0 Å². The van der Waals surface area contributed by atoms with Crippen molar-refractivity contribution in [2.75, 3.05) is 0 Å². The first kappa shape index (κ1) is 14.7. The van der Waals surface area contributed by atoms with Crippen molar-refractivity contribution in [1.82, 2.24) is 9.97 Å². The number of nitrogens with one attached hydrogen (secondary N) is 1. The van der Waals surface area contributed by atoms with Gasteiger partial charge in [-0.25, -0.2) is 4.98 Å². The van der Waals surface area contributed by atoms with E-state index in [2.05, 4.69) is 67.2 Å². The molecule has 1 N–H and O–H groups in total. The SMILES string of the molecule is CCC(CC)c1nc(C(C)(C)C)c(I)c(=O)[nH]1. The van der Waals surface area contributed by atoms with Crippen LogP contribution in [0.2, 0.25) is 0 Å². The zero-order valence-electron chi connectivity index (χ0n) is 11.2. The molecule has 0 aromatic carbocycles. The second kappa shape index (κ2) is 5.50. The lowest BCUT2D eigenvalue weighted by molar-refractivity contribution is 0.534. The number of halogens is 1. The molecule has 0 saturated carbocycles. The number of nitrogens with zero attached hydrogens (tertiary/aromatic N) is 1. The molecule has 0 saturated heterocycles. The maximum absolute atomic E-state index is 11.9. The Morgan fingerprint density at radius 1 is 1.29 bits per heavy atom. The standard InChI is InChI=1S/C13H21IN2O/c1-6-8(7-2)11-15-10(13(3,4)5)9(14)12(17)16-11/h8H,6-7H2,1-5H3,(H,15,16,17). The van der Waals surface area contributed by atoms with Crippen LogP contribution < -0.4 is 5.56 Å². The third kappa shape index (κ3) is 3.30. The quantitative estimate of drug-likeness (QED) is 0.849. The summed E-state index contributed by atoms with van der Waals surface area (Å²) >= 11 is 2.09. The summed E-state index contributed by atoms with van der Waals surface area (Å²) in [6.07, 6.45) is 2.01. The molecule has 0 amide bonds. The molecule has 0 bridgehead atoms. The molecule has 1 aromatic heterocycles. The van der Waals surface area contributed by atoms with Crippen molar-refractivity contribution in [2.45, 2.75) is 58.8 Å². The van der Waals surface area contributed by atoms with Crippen LogP contribution in [-0.4, -0.2) is 9.97 Å². The lowest BCUT2D eigenvalue weighted by Gasteiger charge is -2.21. The van der Waals surface area contributed by atoms with Gasteiger partial charge in [-0.1, -0.05) is 34.6 Å². The Kier molecular flexibility index (Phi) is 4.75. The van der Waals surface area contributed by atoms with E-state index in [-0.39, 0.29) is 11.0 Å². The highest BCUT2D eigenvalue weighted by atomic mass is 127. The Morgan fingerprint density at radius 3 is 2.24 bits per heavy atom. The van der Waals surface area contributed by atoms with Crippen LogP contribution in [0.25, 0.3) is 0 Å². The van der Waals surface area contributed by atoms with Gasteiger partial charge in [-0.05, 0) is 35.4 Å². The molecule has 0 spiro atoms. The van der Waals surface area contributed by atoms with Crippen molar-refractivity contribution in [3.05, 3.63) is 25.4 Å². The van der Waals surface area contributed by atoms with Crippen LogP contribution in [0.3, 0.4) is 0 Å². The highest BCUT2D eigenvalue weighted by Gasteiger charge is 2.23. The van der Waals surface area contributed by atoms with Gasteiger partial charge in [0.25, 0.3) is 5.56 Å². The molecule has 1 aromatic rings. The summed E-state index contributed by atoms with van der Waals surface area (Å²) < 4.78 is 0.713. The Hall–Kier alpha value is -0.390. The summed E-state index contributed by atoms with van der Waals surface area (Å²) in [5.74, 6) is 1.19. The average molecular weight is 348 g/mol. The number of rotatable bonds is 3. The average Bonchev–Trinajstić information content (AvgIpc) is 2.23. The van der Waals surface area contributed by atoms with E-state index in [9.17, 15) is 4.79 Å². The van der Waals surface area contributed by atoms with Gasteiger partial charge in [-0.2, -0.15) is 0 Å². The first-order valence-corrected chi connectivity index (χ1v) is 7.19. The predicted molar refractivity (Wildman–Crippen MR) is 79.6 cm³/mol. The lowest BCUT2D eigenvalue weighted by Crippen LogP contribution is -2.26. The van der Waals surface area contributed by atoms with Gasteiger partial charge in [0, 0.05) is 11.3 Å². The normalized spacial score (nSPS) is 12.2. The van der Waals surface area contributed by atoms with Crippen LogP contribution in [0, 0.1) is 3.57 Å². The molecular formula is C13H21IN2O. The topological polar surface area (TPSA) is 45.8 Å². The van der Waals surface area contributed by atoms with Crippen LogP contribution in [0.15, 0.2) is 4.79 Å².